The van der Waals surface area contributed by atoms with Crippen LogP contribution in [-0.2, 0) is 6.42 Å². The van der Waals surface area contributed by atoms with Gasteiger partial charge in [0.25, 0.3) is 0 Å². The molecule has 0 saturated heterocycles. The van der Waals surface area contributed by atoms with Crippen LogP contribution in [0.5, 0.6) is 0 Å². The van der Waals surface area contributed by atoms with Crippen molar-refractivity contribution in [1.29, 1.82) is 0 Å². The predicted octanol–water partition coefficient (Wildman–Crippen LogP) is 3.46. The molecule has 2 aromatic heterocycles. The zero-order valence-corrected chi connectivity index (χ0v) is 10.2. The Morgan fingerprint density at radius 2 is 2.31 bits per heavy atom. The second-order valence-electron chi connectivity index (χ2n) is 3.53. The number of hydrogen-bond acceptors (Lipinski definition) is 3. The van der Waals surface area contributed by atoms with E-state index in [4.69, 9.17) is 11.6 Å². The summed E-state index contributed by atoms with van der Waals surface area (Å²) in [5.41, 5.74) is 0.758. The fraction of sp³-hybridized carbons (Fsp3) is 0.250. The van der Waals surface area contributed by atoms with Crippen molar-refractivity contribution in [2.24, 2.45) is 0 Å². The summed E-state index contributed by atoms with van der Waals surface area (Å²) in [4.78, 5) is 5.18. The van der Waals surface area contributed by atoms with E-state index in [2.05, 4.69) is 11.1 Å². The summed E-state index contributed by atoms with van der Waals surface area (Å²) in [6.45, 7) is 0. The summed E-state index contributed by atoms with van der Waals surface area (Å²) in [5, 5.41) is 12.6. The lowest BCUT2D eigenvalue weighted by Gasteiger charge is -2.11. The molecule has 0 aliphatic rings. The van der Waals surface area contributed by atoms with Gasteiger partial charge >= 0.3 is 0 Å². The molecule has 2 heterocycles. The van der Waals surface area contributed by atoms with E-state index in [1.54, 1.807) is 29.8 Å². The van der Waals surface area contributed by atoms with Gasteiger partial charge in [0.1, 0.15) is 0 Å². The van der Waals surface area contributed by atoms with Crippen LogP contribution in [0.25, 0.3) is 0 Å². The van der Waals surface area contributed by atoms with Gasteiger partial charge in [-0.2, -0.15) is 0 Å². The topological polar surface area (TPSA) is 33.1 Å². The highest BCUT2D eigenvalue weighted by Gasteiger charge is 2.11. The second-order valence-corrected chi connectivity index (χ2v) is 4.97. The predicted molar refractivity (Wildman–Crippen MR) is 66.8 cm³/mol. The molecule has 0 aliphatic heterocycles. The quantitative estimate of drug-likeness (QED) is 0.905. The molecule has 1 unspecified atom stereocenters. The van der Waals surface area contributed by atoms with Crippen LogP contribution in [0.3, 0.4) is 0 Å². The molecule has 0 aromatic carbocycles. The van der Waals surface area contributed by atoms with Gasteiger partial charge in [0.15, 0.2) is 0 Å². The lowest BCUT2D eigenvalue weighted by atomic mass is 10.1. The van der Waals surface area contributed by atoms with Crippen LogP contribution in [-0.4, -0.2) is 10.1 Å². The molecule has 0 aliphatic carbocycles. The first-order valence-corrected chi connectivity index (χ1v) is 6.33. The van der Waals surface area contributed by atoms with E-state index in [9.17, 15) is 5.11 Å². The Labute approximate surface area is 104 Å². The fourth-order valence-corrected chi connectivity index (χ4v) is 2.52. The molecule has 16 heavy (non-hydrogen) atoms. The molecule has 0 amide bonds. The molecule has 0 bridgehead atoms. The molecule has 1 N–H and O–H groups in total. The van der Waals surface area contributed by atoms with Gasteiger partial charge in [-0.25, -0.2) is 0 Å². The summed E-state index contributed by atoms with van der Waals surface area (Å²) >= 11 is 7.67. The Hall–Kier alpha value is -0.900. The maximum atomic E-state index is 9.99. The van der Waals surface area contributed by atoms with Gasteiger partial charge in [0.2, 0.25) is 0 Å². The molecule has 2 rings (SSSR count). The Morgan fingerprint density at radius 1 is 1.44 bits per heavy atom. The first-order chi connectivity index (χ1) is 7.77. The van der Waals surface area contributed by atoms with E-state index >= 15 is 0 Å². The van der Waals surface area contributed by atoms with Crippen molar-refractivity contribution >= 4 is 22.9 Å². The van der Waals surface area contributed by atoms with E-state index in [1.807, 2.05) is 11.4 Å². The molecule has 2 aromatic rings. The lowest BCUT2D eigenvalue weighted by Crippen LogP contribution is -2.00. The minimum Gasteiger partial charge on any atom is -0.388 e. The molecule has 0 fully saturated rings. The summed E-state index contributed by atoms with van der Waals surface area (Å²) in [6.07, 6.45) is 4.25. The Bertz CT molecular complexity index is 444. The smallest absolute Gasteiger partial charge is 0.0809 e. The molecule has 4 heteroatoms. The monoisotopic (exact) mass is 253 g/mol. The van der Waals surface area contributed by atoms with Gasteiger partial charge < -0.3 is 5.11 Å². The first kappa shape index (κ1) is 11.6. The van der Waals surface area contributed by atoms with Crippen molar-refractivity contribution in [3.05, 3.63) is 51.4 Å². The van der Waals surface area contributed by atoms with Crippen molar-refractivity contribution < 1.29 is 5.11 Å². The summed E-state index contributed by atoms with van der Waals surface area (Å²) in [6, 6.07) is 5.86. The van der Waals surface area contributed by atoms with Gasteiger partial charge in [-0.15, -0.1) is 11.3 Å². The molecule has 84 valence electrons. The molecular weight excluding hydrogens is 242 g/mol. The van der Waals surface area contributed by atoms with Crippen LogP contribution < -0.4 is 0 Å². The maximum absolute atomic E-state index is 9.99. The minimum absolute atomic E-state index is 0.516. The zero-order valence-electron chi connectivity index (χ0n) is 8.64. The van der Waals surface area contributed by atoms with Crippen LogP contribution in [0.4, 0.5) is 0 Å². The highest BCUT2D eigenvalue weighted by Crippen LogP contribution is 2.25. The van der Waals surface area contributed by atoms with Crippen LogP contribution in [0.15, 0.2) is 36.0 Å². The Morgan fingerprint density at radius 3 is 3.00 bits per heavy atom. The highest BCUT2D eigenvalue weighted by atomic mass is 35.5. The van der Waals surface area contributed by atoms with E-state index in [1.165, 1.54) is 4.88 Å². The Balaban J connectivity index is 1.98. The molecule has 1 atom stereocenters. The fourth-order valence-electron chi connectivity index (χ4n) is 1.55. The third kappa shape index (κ3) is 2.82. The summed E-state index contributed by atoms with van der Waals surface area (Å²) in [7, 11) is 0. The number of aliphatic hydroxyl groups excluding tert-OH is 1. The molecule has 0 radical (unpaired) electrons. The van der Waals surface area contributed by atoms with Crippen molar-refractivity contribution in [3.63, 3.8) is 0 Å². The van der Waals surface area contributed by atoms with E-state index in [-0.39, 0.29) is 0 Å². The summed E-state index contributed by atoms with van der Waals surface area (Å²) in [5.74, 6) is 0. The van der Waals surface area contributed by atoms with Gasteiger partial charge in [-0.05, 0) is 30.4 Å². The van der Waals surface area contributed by atoms with E-state index in [0.29, 0.717) is 11.4 Å². The molecule has 0 saturated carbocycles. The van der Waals surface area contributed by atoms with Crippen molar-refractivity contribution in [2.45, 2.75) is 18.9 Å². The minimum atomic E-state index is -0.516. The third-order valence-electron chi connectivity index (χ3n) is 2.41. The van der Waals surface area contributed by atoms with Crippen LogP contribution >= 0.6 is 22.9 Å². The summed E-state index contributed by atoms with van der Waals surface area (Å²) < 4.78 is 0. The first-order valence-electron chi connectivity index (χ1n) is 5.07. The number of halogens is 1. The zero-order chi connectivity index (χ0) is 11.4. The van der Waals surface area contributed by atoms with Crippen molar-refractivity contribution in [1.82, 2.24) is 4.98 Å². The largest absolute Gasteiger partial charge is 0.388 e. The van der Waals surface area contributed by atoms with Crippen LogP contribution in [0.2, 0.25) is 5.02 Å². The molecule has 2 nitrogen and oxygen atoms in total. The van der Waals surface area contributed by atoms with Crippen LogP contribution in [0.1, 0.15) is 23.0 Å². The average molecular weight is 254 g/mol. The van der Waals surface area contributed by atoms with E-state index < -0.39 is 6.10 Å². The average Bonchev–Trinajstić information content (AvgIpc) is 2.79. The van der Waals surface area contributed by atoms with Gasteiger partial charge in [-0.3, -0.25) is 4.98 Å². The maximum Gasteiger partial charge on any atom is 0.0809 e. The molecule has 0 spiro atoms. The number of aryl methyl sites for hydroxylation is 1. The molecular formula is C12H12ClNOS. The van der Waals surface area contributed by atoms with Gasteiger partial charge in [0.05, 0.1) is 11.1 Å². The number of pyridine rings is 1. The standard InChI is InChI=1S/C12H12ClNOS/c13-11-8-14-6-5-10(11)12(15)4-3-9-2-1-7-16-9/h1-2,5-8,12,15H,3-4H2. The number of aliphatic hydroxyl groups is 1. The highest BCUT2D eigenvalue weighted by molar-refractivity contribution is 7.09. The normalized spacial score (nSPS) is 12.6. The second kappa shape index (κ2) is 5.43. The third-order valence-corrected chi connectivity index (χ3v) is 3.66. The van der Waals surface area contributed by atoms with Gasteiger partial charge in [-0.1, -0.05) is 17.7 Å². The number of hydrogen-bond donors (Lipinski definition) is 1. The number of rotatable bonds is 4. The SMILES string of the molecule is OC(CCc1cccs1)c1ccncc1Cl. The number of thiophene rings is 1. The van der Waals surface area contributed by atoms with Crippen molar-refractivity contribution in [3.8, 4) is 0 Å². The van der Waals surface area contributed by atoms with E-state index in [0.717, 1.165) is 12.0 Å². The lowest BCUT2D eigenvalue weighted by molar-refractivity contribution is 0.168. The Kier molecular flexibility index (Phi) is 3.93. The number of aromatic nitrogens is 1. The van der Waals surface area contributed by atoms with Gasteiger partial charge in [0, 0.05) is 22.8 Å². The number of nitrogens with zero attached hydrogens (tertiary/aromatic N) is 1. The van der Waals surface area contributed by atoms with Crippen LogP contribution in [0, 0.1) is 0 Å². The van der Waals surface area contributed by atoms with Crippen molar-refractivity contribution in [2.75, 3.05) is 0 Å².